The van der Waals surface area contributed by atoms with Crippen LogP contribution < -0.4 is 5.32 Å². The van der Waals surface area contributed by atoms with Crippen LogP contribution in [0.25, 0.3) is 10.4 Å². The summed E-state index contributed by atoms with van der Waals surface area (Å²) >= 11 is 1.71. The van der Waals surface area contributed by atoms with Crippen molar-refractivity contribution in [1.82, 2.24) is 20.0 Å². The zero-order valence-electron chi connectivity index (χ0n) is 18.0. The van der Waals surface area contributed by atoms with Gasteiger partial charge in [-0.15, -0.1) is 11.3 Å². The zero-order valence-corrected chi connectivity index (χ0v) is 18.8. The number of carbonyl (C=O) groups is 2. The molecule has 3 aromatic rings. The zero-order chi connectivity index (χ0) is 21.8. The highest BCUT2D eigenvalue weighted by Gasteiger charge is 2.42. The second-order valence-corrected chi connectivity index (χ2v) is 9.09. The van der Waals surface area contributed by atoms with E-state index in [1.54, 1.807) is 35.5 Å². The molecule has 0 saturated carbocycles. The molecule has 1 aliphatic heterocycles. The van der Waals surface area contributed by atoms with E-state index >= 15 is 0 Å². The van der Waals surface area contributed by atoms with E-state index in [1.807, 2.05) is 24.0 Å². The number of rotatable bonds is 6. The van der Waals surface area contributed by atoms with Gasteiger partial charge in [0.25, 0.3) is 5.91 Å². The summed E-state index contributed by atoms with van der Waals surface area (Å²) in [5, 5.41) is 9.24. The SMILES string of the molecule is CCNC(=O)C1(Cc2ccccc2-c2cccs2)CCN(C(=O)c2cnn(C)c2)CC1. The predicted molar refractivity (Wildman–Crippen MR) is 123 cm³/mol. The Kier molecular flexibility index (Phi) is 6.23. The van der Waals surface area contributed by atoms with Gasteiger partial charge >= 0.3 is 0 Å². The van der Waals surface area contributed by atoms with Crippen LogP contribution in [0.3, 0.4) is 0 Å². The van der Waals surface area contributed by atoms with Gasteiger partial charge in [-0.05, 0) is 48.8 Å². The Bertz CT molecular complexity index is 1050. The molecule has 7 heteroatoms. The third-order valence-electron chi connectivity index (χ3n) is 6.11. The molecule has 1 saturated heterocycles. The topological polar surface area (TPSA) is 67.2 Å². The van der Waals surface area contributed by atoms with E-state index in [-0.39, 0.29) is 11.8 Å². The molecule has 0 atom stereocenters. The van der Waals surface area contributed by atoms with Gasteiger partial charge in [-0.2, -0.15) is 5.10 Å². The molecule has 1 N–H and O–H groups in total. The summed E-state index contributed by atoms with van der Waals surface area (Å²) in [4.78, 5) is 29.2. The number of aryl methyl sites for hydroxylation is 1. The highest BCUT2D eigenvalue weighted by atomic mass is 32.1. The smallest absolute Gasteiger partial charge is 0.257 e. The van der Waals surface area contributed by atoms with Crippen LogP contribution in [0.2, 0.25) is 0 Å². The normalized spacial score (nSPS) is 15.6. The standard InChI is InChI=1S/C24H28N4O2S/c1-3-25-23(30)24(15-18-7-4-5-8-20(18)21-9-6-14-31-21)10-12-28(13-11-24)22(29)19-16-26-27(2)17-19/h4-9,14,16-17H,3,10-13,15H2,1-2H3,(H,25,30). The van der Waals surface area contributed by atoms with Crippen LogP contribution in [0, 0.1) is 5.41 Å². The molecule has 1 aromatic carbocycles. The second kappa shape index (κ2) is 9.06. The minimum Gasteiger partial charge on any atom is -0.356 e. The van der Waals surface area contributed by atoms with Crippen molar-refractivity contribution in [2.75, 3.05) is 19.6 Å². The number of likely N-dealkylation sites (tertiary alicyclic amines) is 1. The molecule has 0 bridgehead atoms. The third kappa shape index (κ3) is 4.42. The van der Waals surface area contributed by atoms with Crippen molar-refractivity contribution in [1.29, 1.82) is 0 Å². The van der Waals surface area contributed by atoms with Gasteiger partial charge in [0.1, 0.15) is 0 Å². The molecule has 1 fully saturated rings. The molecule has 0 spiro atoms. The fourth-order valence-corrected chi connectivity index (χ4v) is 5.18. The Morgan fingerprint density at radius 2 is 1.94 bits per heavy atom. The van der Waals surface area contributed by atoms with Crippen molar-refractivity contribution < 1.29 is 9.59 Å². The molecule has 31 heavy (non-hydrogen) atoms. The molecular weight excluding hydrogens is 408 g/mol. The maximum Gasteiger partial charge on any atom is 0.257 e. The minimum atomic E-state index is -0.519. The number of hydrogen-bond donors (Lipinski definition) is 1. The lowest BCUT2D eigenvalue weighted by Gasteiger charge is -2.41. The van der Waals surface area contributed by atoms with Crippen LogP contribution in [0.1, 0.15) is 35.7 Å². The number of benzene rings is 1. The molecule has 4 rings (SSSR count). The van der Waals surface area contributed by atoms with Crippen molar-refractivity contribution >= 4 is 23.2 Å². The van der Waals surface area contributed by atoms with Crippen LogP contribution in [0.5, 0.6) is 0 Å². The number of nitrogens with zero attached hydrogens (tertiary/aromatic N) is 3. The fraction of sp³-hybridized carbons (Fsp3) is 0.375. The average molecular weight is 437 g/mol. The summed E-state index contributed by atoms with van der Waals surface area (Å²) in [5.74, 6) is 0.0704. The van der Waals surface area contributed by atoms with Gasteiger partial charge in [0, 0.05) is 37.8 Å². The Balaban J connectivity index is 1.57. The van der Waals surface area contributed by atoms with E-state index in [0.29, 0.717) is 44.5 Å². The number of amides is 2. The number of piperidine rings is 1. The maximum atomic E-state index is 13.2. The van der Waals surface area contributed by atoms with Crippen LogP contribution >= 0.6 is 11.3 Å². The maximum absolute atomic E-state index is 13.2. The largest absolute Gasteiger partial charge is 0.356 e. The lowest BCUT2D eigenvalue weighted by atomic mass is 9.72. The van der Waals surface area contributed by atoms with Crippen molar-refractivity contribution in [2.45, 2.75) is 26.2 Å². The first-order valence-corrected chi connectivity index (χ1v) is 11.6. The minimum absolute atomic E-state index is 0.0171. The molecule has 2 aromatic heterocycles. The molecule has 1 aliphatic rings. The van der Waals surface area contributed by atoms with E-state index in [9.17, 15) is 9.59 Å². The average Bonchev–Trinajstić information content (AvgIpc) is 3.46. The molecule has 0 radical (unpaired) electrons. The van der Waals surface area contributed by atoms with Gasteiger partial charge < -0.3 is 10.2 Å². The molecular formula is C24H28N4O2S. The van der Waals surface area contributed by atoms with E-state index in [1.165, 1.54) is 16.0 Å². The van der Waals surface area contributed by atoms with Crippen molar-refractivity contribution in [3.63, 3.8) is 0 Å². The van der Waals surface area contributed by atoms with Crippen molar-refractivity contribution in [3.8, 4) is 10.4 Å². The van der Waals surface area contributed by atoms with E-state index in [4.69, 9.17) is 0 Å². The first-order chi connectivity index (χ1) is 15.0. The van der Waals surface area contributed by atoms with Gasteiger partial charge in [-0.25, -0.2) is 0 Å². The summed E-state index contributed by atoms with van der Waals surface area (Å²) in [6.07, 6.45) is 5.30. The van der Waals surface area contributed by atoms with Gasteiger partial charge in [-0.3, -0.25) is 14.3 Å². The summed E-state index contributed by atoms with van der Waals surface area (Å²) in [7, 11) is 1.80. The van der Waals surface area contributed by atoms with Crippen molar-refractivity contribution in [2.24, 2.45) is 12.5 Å². The van der Waals surface area contributed by atoms with E-state index in [0.717, 1.165) is 0 Å². The molecule has 2 amide bonds. The molecule has 6 nitrogen and oxygen atoms in total. The number of nitrogens with one attached hydrogen (secondary N) is 1. The second-order valence-electron chi connectivity index (χ2n) is 8.15. The molecule has 162 valence electrons. The fourth-order valence-electron chi connectivity index (χ4n) is 4.40. The number of carbonyl (C=O) groups excluding carboxylic acids is 2. The molecule has 3 heterocycles. The highest BCUT2D eigenvalue weighted by Crippen LogP contribution is 2.39. The van der Waals surface area contributed by atoms with E-state index in [2.05, 4.69) is 40.1 Å². The first kappa shape index (κ1) is 21.3. The quantitative estimate of drug-likeness (QED) is 0.640. The Morgan fingerprint density at radius 1 is 1.16 bits per heavy atom. The molecule has 0 aliphatic carbocycles. The van der Waals surface area contributed by atoms with Crippen molar-refractivity contribution in [3.05, 3.63) is 65.3 Å². The third-order valence-corrected chi connectivity index (χ3v) is 7.01. The molecule has 0 unspecified atom stereocenters. The van der Waals surface area contributed by atoms with Crippen LogP contribution in [0.15, 0.2) is 54.2 Å². The Labute approximate surface area is 186 Å². The van der Waals surface area contributed by atoms with Crippen LogP contribution in [0.4, 0.5) is 0 Å². The highest BCUT2D eigenvalue weighted by molar-refractivity contribution is 7.13. The summed E-state index contributed by atoms with van der Waals surface area (Å²) in [6, 6.07) is 12.5. The number of aromatic nitrogens is 2. The lowest BCUT2D eigenvalue weighted by Crippen LogP contribution is -2.51. The predicted octanol–water partition coefficient (Wildman–Crippen LogP) is 3.75. The summed E-state index contributed by atoms with van der Waals surface area (Å²) in [5.41, 5.74) is 2.45. The lowest BCUT2D eigenvalue weighted by molar-refractivity contribution is -0.133. The summed E-state index contributed by atoms with van der Waals surface area (Å²) < 4.78 is 1.64. The van der Waals surface area contributed by atoms with Crippen LogP contribution in [-0.4, -0.2) is 46.1 Å². The van der Waals surface area contributed by atoms with Gasteiger partial charge in [-0.1, -0.05) is 30.3 Å². The number of hydrogen-bond acceptors (Lipinski definition) is 4. The number of thiophene rings is 1. The van der Waals surface area contributed by atoms with Gasteiger partial charge in [0.15, 0.2) is 0 Å². The Hall–Kier alpha value is -2.93. The first-order valence-electron chi connectivity index (χ1n) is 10.7. The van der Waals surface area contributed by atoms with E-state index < -0.39 is 5.41 Å². The van der Waals surface area contributed by atoms with Crippen LogP contribution in [-0.2, 0) is 18.3 Å². The monoisotopic (exact) mass is 436 g/mol. The van der Waals surface area contributed by atoms with Gasteiger partial charge in [0.2, 0.25) is 5.91 Å². The van der Waals surface area contributed by atoms with Gasteiger partial charge in [0.05, 0.1) is 17.2 Å². The summed E-state index contributed by atoms with van der Waals surface area (Å²) in [6.45, 7) is 3.68. The Morgan fingerprint density at radius 3 is 2.58 bits per heavy atom.